The van der Waals surface area contributed by atoms with E-state index >= 15 is 0 Å². The summed E-state index contributed by atoms with van der Waals surface area (Å²) in [5, 5.41) is 0. The van der Waals surface area contributed by atoms with E-state index in [1.807, 2.05) is 6.92 Å². The lowest BCUT2D eigenvalue weighted by Gasteiger charge is -2.34. The highest BCUT2D eigenvalue weighted by Crippen LogP contribution is 2.31. The number of fused-ring (bicyclic) bond motifs is 1. The molecule has 28 heavy (non-hydrogen) atoms. The average molecular weight is 403 g/mol. The van der Waals surface area contributed by atoms with Gasteiger partial charge in [0.1, 0.15) is 11.6 Å². The van der Waals surface area contributed by atoms with Crippen LogP contribution >= 0.6 is 0 Å². The predicted molar refractivity (Wildman–Crippen MR) is 108 cm³/mol. The molecule has 0 unspecified atom stereocenters. The van der Waals surface area contributed by atoms with Crippen LogP contribution in [0, 0.1) is 5.82 Å². The van der Waals surface area contributed by atoms with Crippen LogP contribution in [-0.4, -0.2) is 58.7 Å². The van der Waals surface area contributed by atoms with Crippen molar-refractivity contribution < 1.29 is 13.3 Å². The lowest BCUT2D eigenvalue weighted by molar-refractivity contribution is 0.0985. The van der Waals surface area contributed by atoms with E-state index in [0.717, 1.165) is 11.1 Å². The first-order chi connectivity index (χ1) is 13.3. The second-order valence-electron chi connectivity index (χ2n) is 7.29. The van der Waals surface area contributed by atoms with Gasteiger partial charge in [-0.3, -0.25) is 4.99 Å². The fourth-order valence-electron chi connectivity index (χ4n) is 3.41. The van der Waals surface area contributed by atoms with Crippen molar-refractivity contribution in [3.8, 4) is 11.4 Å². The molecule has 2 aromatic rings. The van der Waals surface area contributed by atoms with Gasteiger partial charge in [0.15, 0.2) is 11.6 Å². The lowest BCUT2D eigenvalue weighted by Crippen LogP contribution is -2.44. The molecular weight excluding hydrogens is 381 g/mol. The van der Waals surface area contributed by atoms with E-state index < -0.39 is 9.73 Å². The zero-order valence-electron chi connectivity index (χ0n) is 16.1. The number of hydrogen-bond donors (Lipinski definition) is 0. The van der Waals surface area contributed by atoms with Gasteiger partial charge in [0.05, 0.1) is 25.8 Å². The highest BCUT2D eigenvalue weighted by atomic mass is 32.2. The van der Waals surface area contributed by atoms with Crippen LogP contribution in [0.1, 0.15) is 18.1 Å². The fraction of sp³-hybridized carbons (Fsp3) is 0.421. The van der Waals surface area contributed by atoms with Crippen molar-refractivity contribution in [1.82, 2.24) is 9.97 Å². The number of nitrogens with zero attached hydrogens (tertiary/aromatic N) is 5. The summed E-state index contributed by atoms with van der Waals surface area (Å²) in [4.78, 5) is 15.5. The minimum atomic E-state index is -2.42. The van der Waals surface area contributed by atoms with E-state index in [0.29, 0.717) is 49.3 Å². The highest BCUT2D eigenvalue weighted by molar-refractivity contribution is 7.92. The van der Waals surface area contributed by atoms with Gasteiger partial charge in [0.2, 0.25) is 0 Å². The molecule has 0 radical (unpaired) electrons. The Bertz CT molecular complexity index is 1070. The molecule has 0 aliphatic carbocycles. The smallest absolute Gasteiger partial charge is 0.167 e. The molecule has 9 heteroatoms. The van der Waals surface area contributed by atoms with Gasteiger partial charge in [-0.1, -0.05) is 0 Å². The summed E-state index contributed by atoms with van der Waals surface area (Å²) in [7, 11) is -2.42. The van der Waals surface area contributed by atoms with Crippen molar-refractivity contribution in [2.75, 3.05) is 37.2 Å². The SMILES string of the molecule is C[C@@H]1COCCN1c1cc(N=S(C)(C)=O)nc(-c2cc(F)cc3c2C=NC3)n1. The zero-order valence-corrected chi connectivity index (χ0v) is 16.9. The first kappa shape index (κ1) is 18.9. The Morgan fingerprint density at radius 2 is 2.11 bits per heavy atom. The van der Waals surface area contributed by atoms with Crippen LogP contribution in [0.4, 0.5) is 16.0 Å². The number of morpholine rings is 1. The standard InChI is InChI=1S/C19H22FN5O2S/c1-12-11-27-5-4-25(12)18-8-17(24-28(2,3)26)22-19(23-18)15-7-14(20)6-13-9-21-10-16(13)15/h6-8,10,12H,4-5,9,11H2,1-3H3/t12-/m1/s1. The average Bonchev–Trinajstić information content (AvgIpc) is 3.08. The molecule has 0 amide bonds. The summed E-state index contributed by atoms with van der Waals surface area (Å²) in [5.41, 5.74) is 2.18. The van der Waals surface area contributed by atoms with Crippen molar-refractivity contribution in [2.45, 2.75) is 19.5 Å². The Morgan fingerprint density at radius 1 is 1.29 bits per heavy atom. The normalized spacial score (nSPS) is 19.0. The first-order valence-corrected chi connectivity index (χ1v) is 11.4. The molecule has 1 fully saturated rings. The van der Waals surface area contributed by atoms with Crippen LogP contribution in [0.25, 0.3) is 11.4 Å². The van der Waals surface area contributed by atoms with E-state index in [1.165, 1.54) is 12.1 Å². The number of aliphatic imine (C=N–C) groups is 1. The van der Waals surface area contributed by atoms with Gasteiger partial charge in [0, 0.05) is 52.2 Å². The molecule has 3 heterocycles. The number of rotatable bonds is 3. The summed E-state index contributed by atoms with van der Waals surface area (Å²) in [5.74, 6) is 0.974. The van der Waals surface area contributed by atoms with Gasteiger partial charge in [0.25, 0.3) is 0 Å². The number of ether oxygens (including phenoxy) is 1. The van der Waals surface area contributed by atoms with E-state index in [9.17, 15) is 8.60 Å². The number of benzene rings is 1. The van der Waals surface area contributed by atoms with Crippen LogP contribution in [0.5, 0.6) is 0 Å². The van der Waals surface area contributed by atoms with E-state index in [1.54, 1.807) is 24.8 Å². The predicted octanol–water partition coefficient (Wildman–Crippen LogP) is 2.80. The van der Waals surface area contributed by atoms with E-state index in [4.69, 9.17) is 9.72 Å². The minimum Gasteiger partial charge on any atom is -0.377 e. The molecule has 1 aromatic heterocycles. The minimum absolute atomic E-state index is 0.122. The first-order valence-electron chi connectivity index (χ1n) is 9.03. The highest BCUT2D eigenvalue weighted by Gasteiger charge is 2.23. The molecule has 0 spiro atoms. The van der Waals surface area contributed by atoms with Gasteiger partial charge in [-0.25, -0.2) is 18.6 Å². The van der Waals surface area contributed by atoms with Crippen molar-refractivity contribution in [3.63, 3.8) is 0 Å². The summed E-state index contributed by atoms with van der Waals surface area (Å²) in [6.07, 6.45) is 4.83. The molecule has 0 bridgehead atoms. The Kier molecular flexibility index (Phi) is 4.88. The lowest BCUT2D eigenvalue weighted by atomic mass is 10.0. The summed E-state index contributed by atoms with van der Waals surface area (Å²) in [6, 6.07) is 4.75. The molecule has 1 atom stereocenters. The third-order valence-corrected chi connectivity index (χ3v) is 5.25. The zero-order chi connectivity index (χ0) is 19.9. The maximum absolute atomic E-state index is 14.2. The van der Waals surface area contributed by atoms with Crippen LogP contribution in [-0.2, 0) is 21.0 Å². The van der Waals surface area contributed by atoms with Crippen LogP contribution in [0.2, 0.25) is 0 Å². The quantitative estimate of drug-likeness (QED) is 0.787. The number of anilines is 1. The Balaban J connectivity index is 1.90. The Morgan fingerprint density at radius 3 is 2.86 bits per heavy atom. The third kappa shape index (κ3) is 3.90. The van der Waals surface area contributed by atoms with Crippen molar-refractivity contribution in [3.05, 3.63) is 35.1 Å². The van der Waals surface area contributed by atoms with Crippen molar-refractivity contribution in [1.29, 1.82) is 0 Å². The maximum atomic E-state index is 14.2. The van der Waals surface area contributed by atoms with Crippen molar-refractivity contribution in [2.24, 2.45) is 9.36 Å². The molecule has 1 saturated heterocycles. The third-order valence-electron chi connectivity index (χ3n) is 4.63. The molecule has 2 aliphatic heterocycles. The van der Waals surface area contributed by atoms with Gasteiger partial charge in [-0.15, -0.1) is 0 Å². The van der Waals surface area contributed by atoms with E-state index in [-0.39, 0.29) is 11.9 Å². The van der Waals surface area contributed by atoms with Crippen LogP contribution in [0.3, 0.4) is 0 Å². The second-order valence-corrected chi connectivity index (χ2v) is 9.84. The van der Waals surface area contributed by atoms with Gasteiger partial charge >= 0.3 is 0 Å². The molecule has 4 rings (SSSR count). The molecular formula is C19H22FN5O2S. The molecule has 0 N–H and O–H groups in total. The summed E-state index contributed by atoms with van der Waals surface area (Å²) >= 11 is 0. The number of hydrogen-bond acceptors (Lipinski definition) is 7. The van der Waals surface area contributed by atoms with Crippen molar-refractivity contribution >= 4 is 27.6 Å². The van der Waals surface area contributed by atoms with Crippen LogP contribution < -0.4 is 4.90 Å². The van der Waals surface area contributed by atoms with Gasteiger partial charge < -0.3 is 9.64 Å². The number of aromatic nitrogens is 2. The van der Waals surface area contributed by atoms with E-state index in [2.05, 4.69) is 19.2 Å². The Hall–Kier alpha value is -2.39. The molecule has 0 saturated carbocycles. The summed E-state index contributed by atoms with van der Waals surface area (Å²) < 4.78 is 36.2. The Labute approximate surface area is 163 Å². The molecule has 1 aromatic carbocycles. The van der Waals surface area contributed by atoms with Gasteiger partial charge in [-0.05, 0) is 24.6 Å². The molecule has 7 nitrogen and oxygen atoms in total. The number of halogens is 1. The molecule has 2 aliphatic rings. The van der Waals surface area contributed by atoms with Crippen LogP contribution in [0.15, 0.2) is 27.6 Å². The fourth-order valence-corrected chi connectivity index (χ4v) is 3.95. The monoisotopic (exact) mass is 403 g/mol. The van der Waals surface area contributed by atoms with Gasteiger partial charge in [-0.2, -0.15) is 4.36 Å². The maximum Gasteiger partial charge on any atom is 0.167 e. The largest absolute Gasteiger partial charge is 0.377 e. The topological polar surface area (TPSA) is 80.0 Å². The molecule has 148 valence electrons. The second kappa shape index (κ2) is 7.21. The summed E-state index contributed by atoms with van der Waals surface area (Å²) in [6.45, 7) is 4.35.